The molecule has 1 heterocycles. The fourth-order valence-corrected chi connectivity index (χ4v) is 3.88. The van der Waals surface area contributed by atoms with Crippen LogP contribution < -0.4 is 5.32 Å². The summed E-state index contributed by atoms with van der Waals surface area (Å²) in [7, 11) is 0. The normalized spacial score (nSPS) is 23.8. The fraction of sp³-hybridized carbons (Fsp3) is 0.750. The molecule has 1 aromatic heterocycles. The van der Waals surface area contributed by atoms with Crippen molar-refractivity contribution in [1.29, 1.82) is 0 Å². The monoisotopic (exact) mass is 247 g/mol. The molecule has 0 aliphatic heterocycles. The molecule has 18 heavy (non-hydrogen) atoms. The van der Waals surface area contributed by atoms with Gasteiger partial charge in [0.15, 0.2) is 0 Å². The molecule has 2 fully saturated rings. The van der Waals surface area contributed by atoms with Gasteiger partial charge in [-0.2, -0.15) is 0 Å². The van der Waals surface area contributed by atoms with Crippen molar-refractivity contribution in [3.8, 4) is 0 Å². The molecule has 2 aliphatic carbocycles. The molecule has 0 aromatic carbocycles. The van der Waals surface area contributed by atoms with Crippen LogP contribution in [0.5, 0.6) is 0 Å². The third-order valence-corrected chi connectivity index (χ3v) is 5.07. The van der Waals surface area contributed by atoms with Gasteiger partial charge in [-0.25, -0.2) is 0 Å². The second-order valence-corrected chi connectivity index (χ2v) is 6.37. The highest BCUT2D eigenvalue weighted by Gasteiger charge is 2.37. The Morgan fingerprint density at radius 2 is 1.89 bits per heavy atom. The fourth-order valence-electron chi connectivity index (χ4n) is 3.88. The predicted octanol–water partition coefficient (Wildman–Crippen LogP) is 4.18. The first-order chi connectivity index (χ1) is 8.76. The van der Waals surface area contributed by atoms with Crippen LogP contribution in [0.25, 0.3) is 0 Å². The van der Waals surface area contributed by atoms with E-state index in [1.54, 1.807) is 0 Å². The molecule has 3 rings (SSSR count). The summed E-state index contributed by atoms with van der Waals surface area (Å²) in [6.45, 7) is 2.90. The van der Waals surface area contributed by atoms with Gasteiger partial charge in [-0.3, -0.25) is 0 Å². The first-order valence-electron chi connectivity index (χ1n) is 7.55. The third kappa shape index (κ3) is 2.64. The van der Waals surface area contributed by atoms with Gasteiger partial charge in [0, 0.05) is 6.04 Å². The van der Waals surface area contributed by atoms with Gasteiger partial charge in [0.05, 0.1) is 6.54 Å². The van der Waals surface area contributed by atoms with Gasteiger partial charge in [-0.15, -0.1) is 0 Å². The SMILES string of the molecule is Cc1ccc(CNC2CCC3(CCCC3)CC2)o1. The van der Waals surface area contributed by atoms with Crippen LogP contribution in [0, 0.1) is 12.3 Å². The topological polar surface area (TPSA) is 25.2 Å². The van der Waals surface area contributed by atoms with E-state index in [1.807, 2.05) is 13.0 Å². The summed E-state index contributed by atoms with van der Waals surface area (Å²) in [5.74, 6) is 2.09. The maximum Gasteiger partial charge on any atom is 0.117 e. The Hall–Kier alpha value is -0.760. The van der Waals surface area contributed by atoms with Crippen LogP contribution in [0.15, 0.2) is 16.5 Å². The van der Waals surface area contributed by atoms with Gasteiger partial charge in [0.1, 0.15) is 11.5 Å². The Labute approximate surface area is 110 Å². The second kappa shape index (κ2) is 5.08. The van der Waals surface area contributed by atoms with Crippen molar-refractivity contribution in [3.63, 3.8) is 0 Å². The van der Waals surface area contributed by atoms with Crippen LogP contribution in [-0.4, -0.2) is 6.04 Å². The molecule has 2 heteroatoms. The second-order valence-electron chi connectivity index (χ2n) is 6.37. The van der Waals surface area contributed by atoms with E-state index < -0.39 is 0 Å². The minimum atomic E-state index is 0.710. The average molecular weight is 247 g/mol. The van der Waals surface area contributed by atoms with Gasteiger partial charge >= 0.3 is 0 Å². The summed E-state index contributed by atoms with van der Waals surface area (Å²) in [5.41, 5.74) is 0.749. The summed E-state index contributed by atoms with van der Waals surface area (Å²) in [6, 6.07) is 4.84. The molecule has 2 nitrogen and oxygen atoms in total. The summed E-state index contributed by atoms with van der Waals surface area (Å²) in [6.07, 6.45) is 11.6. The van der Waals surface area contributed by atoms with Crippen LogP contribution in [0.3, 0.4) is 0 Å². The quantitative estimate of drug-likeness (QED) is 0.866. The van der Waals surface area contributed by atoms with Crippen molar-refractivity contribution < 1.29 is 4.42 Å². The van der Waals surface area contributed by atoms with E-state index in [0.29, 0.717) is 6.04 Å². The zero-order chi connectivity index (χ0) is 12.4. The molecular weight excluding hydrogens is 222 g/mol. The van der Waals surface area contributed by atoms with E-state index in [1.165, 1.54) is 51.4 Å². The standard InChI is InChI=1S/C16H25NO/c1-13-4-5-15(18-13)12-17-14-6-10-16(11-7-14)8-2-3-9-16/h4-5,14,17H,2-3,6-12H2,1H3. The minimum Gasteiger partial charge on any atom is -0.465 e. The lowest BCUT2D eigenvalue weighted by atomic mass is 9.71. The summed E-state index contributed by atoms with van der Waals surface area (Å²) < 4.78 is 5.61. The number of nitrogens with one attached hydrogen (secondary N) is 1. The molecule has 0 saturated heterocycles. The molecular formula is C16H25NO. The number of rotatable bonds is 3. The summed E-state index contributed by atoms with van der Waals surface area (Å²) in [5, 5.41) is 3.66. The Morgan fingerprint density at radius 3 is 2.50 bits per heavy atom. The lowest BCUT2D eigenvalue weighted by molar-refractivity contribution is 0.167. The van der Waals surface area contributed by atoms with E-state index in [2.05, 4.69) is 11.4 Å². The van der Waals surface area contributed by atoms with E-state index >= 15 is 0 Å². The molecule has 2 saturated carbocycles. The van der Waals surface area contributed by atoms with Crippen molar-refractivity contribution in [2.24, 2.45) is 5.41 Å². The molecule has 1 aromatic rings. The zero-order valence-corrected chi connectivity index (χ0v) is 11.5. The maximum absolute atomic E-state index is 5.61. The molecule has 0 unspecified atom stereocenters. The zero-order valence-electron chi connectivity index (χ0n) is 11.5. The summed E-state index contributed by atoms with van der Waals surface area (Å²) in [4.78, 5) is 0. The summed E-state index contributed by atoms with van der Waals surface area (Å²) >= 11 is 0. The molecule has 1 N–H and O–H groups in total. The maximum atomic E-state index is 5.61. The molecule has 0 bridgehead atoms. The van der Waals surface area contributed by atoms with Gasteiger partial charge < -0.3 is 9.73 Å². The molecule has 100 valence electrons. The van der Waals surface area contributed by atoms with Crippen molar-refractivity contribution in [2.45, 2.75) is 70.9 Å². The minimum absolute atomic E-state index is 0.710. The first kappa shape index (κ1) is 12.3. The van der Waals surface area contributed by atoms with Crippen LogP contribution in [-0.2, 0) is 6.54 Å². The van der Waals surface area contributed by atoms with Crippen LogP contribution in [0.2, 0.25) is 0 Å². The van der Waals surface area contributed by atoms with E-state index in [9.17, 15) is 0 Å². The highest BCUT2D eigenvalue weighted by atomic mass is 16.3. The van der Waals surface area contributed by atoms with Gasteiger partial charge in [0.2, 0.25) is 0 Å². The number of hydrogen-bond donors (Lipinski definition) is 1. The molecule has 0 atom stereocenters. The first-order valence-corrected chi connectivity index (χ1v) is 7.55. The molecule has 0 amide bonds. The number of furan rings is 1. The van der Waals surface area contributed by atoms with Crippen molar-refractivity contribution in [1.82, 2.24) is 5.32 Å². The van der Waals surface area contributed by atoms with Gasteiger partial charge in [0.25, 0.3) is 0 Å². The largest absolute Gasteiger partial charge is 0.465 e. The van der Waals surface area contributed by atoms with Crippen molar-refractivity contribution >= 4 is 0 Å². The Bertz CT molecular complexity index is 380. The Kier molecular flexibility index (Phi) is 3.47. The highest BCUT2D eigenvalue weighted by Crippen LogP contribution is 2.48. The smallest absolute Gasteiger partial charge is 0.117 e. The molecule has 2 aliphatic rings. The lowest BCUT2D eigenvalue weighted by Gasteiger charge is -2.37. The van der Waals surface area contributed by atoms with Gasteiger partial charge in [-0.1, -0.05) is 12.8 Å². The predicted molar refractivity (Wildman–Crippen MR) is 73.4 cm³/mol. The van der Waals surface area contributed by atoms with Crippen molar-refractivity contribution in [3.05, 3.63) is 23.7 Å². The Balaban J connectivity index is 1.45. The van der Waals surface area contributed by atoms with E-state index in [0.717, 1.165) is 23.5 Å². The van der Waals surface area contributed by atoms with Gasteiger partial charge in [-0.05, 0) is 63.0 Å². The van der Waals surface area contributed by atoms with Crippen LogP contribution in [0.4, 0.5) is 0 Å². The van der Waals surface area contributed by atoms with E-state index in [4.69, 9.17) is 4.42 Å². The Morgan fingerprint density at radius 1 is 1.17 bits per heavy atom. The number of hydrogen-bond acceptors (Lipinski definition) is 2. The van der Waals surface area contributed by atoms with E-state index in [-0.39, 0.29) is 0 Å². The number of aryl methyl sites for hydroxylation is 1. The third-order valence-electron chi connectivity index (χ3n) is 5.07. The molecule has 0 radical (unpaired) electrons. The average Bonchev–Trinajstić information content (AvgIpc) is 2.99. The lowest BCUT2D eigenvalue weighted by Crippen LogP contribution is -2.36. The highest BCUT2D eigenvalue weighted by molar-refractivity contribution is 5.05. The van der Waals surface area contributed by atoms with Crippen LogP contribution >= 0.6 is 0 Å². The van der Waals surface area contributed by atoms with Crippen LogP contribution in [0.1, 0.15) is 62.9 Å². The van der Waals surface area contributed by atoms with Crippen molar-refractivity contribution in [2.75, 3.05) is 0 Å². The molecule has 1 spiro atoms.